The van der Waals surface area contributed by atoms with Crippen molar-refractivity contribution in [3.63, 3.8) is 0 Å². The van der Waals surface area contributed by atoms with Crippen LogP contribution < -0.4 is 15.4 Å². The lowest BCUT2D eigenvalue weighted by Gasteiger charge is -2.10. The maximum atomic E-state index is 12.3. The molecule has 23 heavy (non-hydrogen) atoms. The number of hydrogen-bond acceptors (Lipinski definition) is 5. The zero-order chi connectivity index (χ0) is 16.5. The third kappa shape index (κ3) is 4.96. The number of anilines is 2. The minimum absolute atomic E-state index is 0.282. The number of carbonyl (C=O) groups excluding carboxylic acids is 1. The second-order valence-electron chi connectivity index (χ2n) is 4.86. The minimum atomic E-state index is -0.282. The molecule has 2 rings (SSSR count). The van der Waals surface area contributed by atoms with Crippen LogP contribution in [0.2, 0.25) is 0 Å². The number of aromatic nitrogens is 1. The molecular formula is C17H21N3O3. The normalized spacial score (nSPS) is 10.2. The van der Waals surface area contributed by atoms with E-state index in [2.05, 4.69) is 15.6 Å². The predicted octanol–water partition coefficient (Wildman–Crippen LogP) is 2.79. The van der Waals surface area contributed by atoms with Gasteiger partial charge in [0.25, 0.3) is 5.91 Å². The van der Waals surface area contributed by atoms with Crippen molar-refractivity contribution >= 4 is 17.3 Å². The van der Waals surface area contributed by atoms with E-state index in [4.69, 9.17) is 9.47 Å². The molecular weight excluding hydrogens is 294 g/mol. The van der Waals surface area contributed by atoms with Crippen LogP contribution in [0.1, 0.15) is 16.9 Å². The fourth-order valence-electron chi connectivity index (χ4n) is 2.05. The summed E-state index contributed by atoms with van der Waals surface area (Å²) < 4.78 is 10.2. The largest absolute Gasteiger partial charge is 0.495 e. The number of nitrogens with zero attached hydrogens (tertiary/aromatic N) is 1. The maximum absolute atomic E-state index is 12.3. The summed E-state index contributed by atoms with van der Waals surface area (Å²) >= 11 is 0. The van der Waals surface area contributed by atoms with Gasteiger partial charge >= 0.3 is 0 Å². The molecule has 0 bridgehead atoms. The van der Waals surface area contributed by atoms with E-state index in [1.165, 1.54) is 0 Å². The van der Waals surface area contributed by atoms with Crippen LogP contribution in [0.4, 0.5) is 11.4 Å². The molecule has 0 radical (unpaired) electrons. The Morgan fingerprint density at radius 3 is 2.83 bits per heavy atom. The Bertz CT molecular complexity index is 646. The Morgan fingerprint density at radius 2 is 2.04 bits per heavy atom. The molecule has 0 unspecified atom stereocenters. The maximum Gasteiger partial charge on any atom is 0.274 e. The molecule has 0 atom stereocenters. The van der Waals surface area contributed by atoms with Gasteiger partial charge in [-0.1, -0.05) is 12.1 Å². The first-order valence-electron chi connectivity index (χ1n) is 7.38. The molecule has 0 spiro atoms. The molecule has 0 aliphatic heterocycles. The molecule has 0 aliphatic carbocycles. The molecule has 1 amide bonds. The Labute approximate surface area is 135 Å². The number of nitrogens with one attached hydrogen (secondary N) is 2. The zero-order valence-corrected chi connectivity index (χ0v) is 13.3. The van der Waals surface area contributed by atoms with Gasteiger partial charge in [0.05, 0.1) is 12.8 Å². The average Bonchev–Trinajstić information content (AvgIpc) is 2.59. The second kappa shape index (κ2) is 8.75. The van der Waals surface area contributed by atoms with Gasteiger partial charge in [-0.05, 0) is 30.7 Å². The van der Waals surface area contributed by atoms with Crippen molar-refractivity contribution in [1.82, 2.24) is 4.98 Å². The number of benzene rings is 1. The van der Waals surface area contributed by atoms with E-state index in [1.807, 2.05) is 18.2 Å². The van der Waals surface area contributed by atoms with E-state index < -0.39 is 0 Å². The second-order valence-corrected chi connectivity index (χ2v) is 4.86. The number of hydrogen-bond donors (Lipinski definition) is 2. The SMILES string of the molecule is COCCCNc1ccnc(C(=O)Nc2ccccc2OC)c1. The highest BCUT2D eigenvalue weighted by Gasteiger charge is 2.11. The number of rotatable bonds is 8. The van der Waals surface area contributed by atoms with E-state index in [9.17, 15) is 4.79 Å². The summed E-state index contributed by atoms with van der Waals surface area (Å²) in [5, 5.41) is 6.04. The quantitative estimate of drug-likeness (QED) is 0.733. The van der Waals surface area contributed by atoms with E-state index in [0.29, 0.717) is 23.7 Å². The highest BCUT2D eigenvalue weighted by molar-refractivity contribution is 6.04. The van der Waals surface area contributed by atoms with Crippen molar-refractivity contribution < 1.29 is 14.3 Å². The average molecular weight is 315 g/mol. The van der Waals surface area contributed by atoms with E-state index >= 15 is 0 Å². The van der Waals surface area contributed by atoms with Crippen LogP contribution in [0.3, 0.4) is 0 Å². The van der Waals surface area contributed by atoms with Crippen LogP contribution in [0.25, 0.3) is 0 Å². The number of methoxy groups -OCH3 is 2. The molecule has 1 aromatic carbocycles. The van der Waals surface area contributed by atoms with Gasteiger partial charge in [0.1, 0.15) is 11.4 Å². The summed E-state index contributed by atoms with van der Waals surface area (Å²) in [4.78, 5) is 16.5. The van der Waals surface area contributed by atoms with Gasteiger partial charge in [-0.15, -0.1) is 0 Å². The lowest BCUT2D eigenvalue weighted by Crippen LogP contribution is -2.15. The van der Waals surface area contributed by atoms with Crippen molar-refractivity contribution in [2.24, 2.45) is 0 Å². The molecule has 0 saturated carbocycles. The van der Waals surface area contributed by atoms with E-state index in [1.54, 1.807) is 38.6 Å². The van der Waals surface area contributed by atoms with Gasteiger partial charge in [-0.3, -0.25) is 9.78 Å². The fourth-order valence-corrected chi connectivity index (χ4v) is 2.05. The number of para-hydroxylation sites is 2. The monoisotopic (exact) mass is 315 g/mol. The summed E-state index contributed by atoms with van der Waals surface area (Å²) in [6, 6.07) is 10.8. The Hall–Kier alpha value is -2.60. The fraction of sp³-hybridized carbons (Fsp3) is 0.294. The molecule has 2 N–H and O–H groups in total. The van der Waals surface area contributed by atoms with Crippen LogP contribution in [-0.2, 0) is 4.74 Å². The first-order valence-corrected chi connectivity index (χ1v) is 7.38. The molecule has 0 fully saturated rings. The van der Waals surface area contributed by atoms with Crippen LogP contribution in [0.5, 0.6) is 5.75 Å². The zero-order valence-electron chi connectivity index (χ0n) is 13.3. The highest BCUT2D eigenvalue weighted by atomic mass is 16.5. The van der Waals surface area contributed by atoms with Crippen LogP contribution in [0.15, 0.2) is 42.6 Å². The Balaban J connectivity index is 2.02. The first kappa shape index (κ1) is 16.8. The van der Waals surface area contributed by atoms with Crippen LogP contribution >= 0.6 is 0 Å². The Kier molecular flexibility index (Phi) is 6.38. The molecule has 0 aliphatic rings. The summed E-state index contributed by atoms with van der Waals surface area (Å²) in [6.45, 7) is 1.46. The van der Waals surface area contributed by atoms with Gasteiger partial charge in [-0.25, -0.2) is 0 Å². The van der Waals surface area contributed by atoms with Crippen molar-refractivity contribution in [3.05, 3.63) is 48.3 Å². The molecule has 0 saturated heterocycles. The summed E-state index contributed by atoms with van der Waals surface area (Å²) in [5.41, 5.74) is 1.80. The lowest BCUT2D eigenvalue weighted by atomic mass is 10.2. The summed E-state index contributed by atoms with van der Waals surface area (Å²) in [6.07, 6.45) is 2.50. The van der Waals surface area contributed by atoms with Crippen LogP contribution in [0, 0.1) is 0 Å². The van der Waals surface area contributed by atoms with Gasteiger partial charge in [0, 0.05) is 32.1 Å². The third-order valence-corrected chi connectivity index (χ3v) is 3.20. The number of amides is 1. The minimum Gasteiger partial charge on any atom is -0.495 e. The predicted molar refractivity (Wildman–Crippen MR) is 90.2 cm³/mol. The van der Waals surface area contributed by atoms with Crippen molar-refractivity contribution in [2.45, 2.75) is 6.42 Å². The number of ether oxygens (including phenoxy) is 2. The van der Waals surface area contributed by atoms with Crippen molar-refractivity contribution in [1.29, 1.82) is 0 Å². The van der Waals surface area contributed by atoms with Crippen LogP contribution in [-0.4, -0.2) is 38.3 Å². The standard InChI is InChI=1S/C17H21N3O3/c1-22-11-5-9-18-13-8-10-19-15(12-13)17(21)20-14-6-3-4-7-16(14)23-2/h3-4,6-8,10,12H,5,9,11H2,1-2H3,(H,18,19)(H,20,21). The van der Waals surface area contributed by atoms with Gasteiger partial charge < -0.3 is 20.1 Å². The summed E-state index contributed by atoms with van der Waals surface area (Å²) in [5.74, 6) is 0.324. The van der Waals surface area contributed by atoms with E-state index in [0.717, 1.165) is 18.7 Å². The smallest absolute Gasteiger partial charge is 0.274 e. The molecule has 1 aromatic heterocycles. The first-order chi connectivity index (χ1) is 11.2. The van der Waals surface area contributed by atoms with Gasteiger partial charge in [0.15, 0.2) is 0 Å². The van der Waals surface area contributed by atoms with Gasteiger partial charge in [-0.2, -0.15) is 0 Å². The highest BCUT2D eigenvalue weighted by Crippen LogP contribution is 2.23. The number of pyridine rings is 1. The molecule has 6 nitrogen and oxygen atoms in total. The molecule has 1 heterocycles. The number of carbonyl (C=O) groups is 1. The topological polar surface area (TPSA) is 72.5 Å². The van der Waals surface area contributed by atoms with Crippen molar-refractivity contribution in [2.75, 3.05) is 38.0 Å². The van der Waals surface area contributed by atoms with Crippen molar-refractivity contribution in [3.8, 4) is 5.75 Å². The van der Waals surface area contributed by atoms with Gasteiger partial charge in [0.2, 0.25) is 0 Å². The summed E-state index contributed by atoms with van der Waals surface area (Å²) in [7, 11) is 3.24. The molecule has 122 valence electrons. The van der Waals surface area contributed by atoms with E-state index in [-0.39, 0.29) is 5.91 Å². The molecule has 2 aromatic rings. The lowest BCUT2D eigenvalue weighted by molar-refractivity contribution is 0.102. The third-order valence-electron chi connectivity index (χ3n) is 3.20. The molecule has 6 heteroatoms. The Morgan fingerprint density at radius 1 is 1.22 bits per heavy atom.